The van der Waals surface area contributed by atoms with Crippen molar-refractivity contribution in [3.8, 4) is 11.1 Å². The molecule has 94 valence electrons. The van der Waals surface area contributed by atoms with Gasteiger partial charge in [-0.25, -0.2) is 4.39 Å². The molecular weight excluding hydrogens is 253 g/mol. The summed E-state index contributed by atoms with van der Waals surface area (Å²) in [5, 5.41) is 7.05. The van der Waals surface area contributed by atoms with Crippen LogP contribution in [0, 0.1) is 5.82 Å². The lowest BCUT2D eigenvalue weighted by atomic mass is 9.80. The van der Waals surface area contributed by atoms with Crippen molar-refractivity contribution in [3.63, 3.8) is 0 Å². The van der Waals surface area contributed by atoms with E-state index in [2.05, 4.69) is 10.2 Å². The quantitative estimate of drug-likeness (QED) is 0.869. The third-order valence-corrected chi connectivity index (χ3v) is 3.85. The summed E-state index contributed by atoms with van der Waals surface area (Å²) in [6.45, 7) is 0. The van der Waals surface area contributed by atoms with Crippen LogP contribution in [-0.2, 0) is 0 Å². The van der Waals surface area contributed by atoms with E-state index in [1.165, 1.54) is 12.5 Å². The molecular formula is C13H13ClFN3. The summed E-state index contributed by atoms with van der Waals surface area (Å²) in [6, 6.07) is 4.93. The molecule has 3 rings (SSSR count). The maximum atomic E-state index is 14.1. The summed E-state index contributed by atoms with van der Waals surface area (Å²) < 4.78 is 14.1. The molecule has 0 atom stereocenters. The third kappa shape index (κ3) is 1.68. The van der Waals surface area contributed by atoms with Gasteiger partial charge in [0.2, 0.25) is 0 Å². The van der Waals surface area contributed by atoms with Crippen LogP contribution in [0.5, 0.6) is 0 Å². The van der Waals surface area contributed by atoms with Crippen LogP contribution in [-0.4, -0.2) is 10.2 Å². The number of aromatic amines is 1. The van der Waals surface area contributed by atoms with Crippen LogP contribution in [0.2, 0.25) is 5.02 Å². The first-order valence-electron chi connectivity index (χ1n) is 5.96. The zero-order valence-corrected chi connectivity index (χ0v) is 10.5. The monoisotopic (exact) mass is 265 g/mol. The molecule has 3 N–H and O–H groups in total. The molecule has 5 heteroatoms. The first-order chi connectivity index (χ1) is 8.68. The molecule has 0 bridgehead atoms. The zero-order chi connectivity index (χ0) is 12.7. The second-order valence-corrected chi connectivity index (χ2v) is 5.03. The van der Waals surface area contributed by atoms with Gasteiger partial charge in [-0.2, -0.15) is 5.10 Å². The Hall–Kier alpha value is -1.55. The fourth-order valence-corrected chi connectivity index (χ4v) is 2.52. The summed E-state index contributed by atoms with van der Waals surface area (Å²) in [5.41, 5.74) is 7.88. The Morgan fingerprint density at radius 2 is 2.17 bits per heavy atom. The molecule has 1 aliphatic rings. The van der Waals surface area contributed by atoms with Crippen molar-refractivity contribution in [2.45, 2.75) is 25.2 Å². The first-order valence-corrected chi connectivity index (χ1v) is 6.34. The number of H-pyrrole nitrogens is 1. The van der Waals surface area contributed by atoms with Crippen LogP contribution in [0.3, 0.4) is 0 Å². The van der Waals surface area contributed by atoms with E-state index in [4.69, 9.17) is 17.3 Å². The summed E-state index contributed by atoms with van der Waals surface area (Å²) >= 11 is 5.82. The van der Waals surface area contributed by atoms with Crippen molar-refractivity contribution >= 4 is 17.4 Å². The SMILES string of the molecule is Nc1n[nH]c(C2CCC2)c1-c1cccc(Cl)c1F. The first kappa shape index (κ1) is 11.5. The lowest BCUT2D eigenvalue weighted by Gasteiger charge is -2.25. The summed E-state index contributed by atoms with van der Waals surface area (Å²) in [6.07, 6.45) is 3.38. The molecule has 0 amide bonds. The number of hydrogen-bond acceptors (Lipinski definition) is 2. The smallest absolute Gasteiger partial charge is 0.153 e. The highest BCUT2D eigenvalue weighted by Crippen LogP contribution is 2.43. The molecule has 0 radical (unpaired) electrons. The second kappa shape index (κ2) is 4.28. The Balaban J connectivity index is 2.15. The number of anilines is 1. The summed E-state index contributed by atoms with van der Waals surface area (Å²) in [5.74, 6) is 0.300. The predicted octanol–water partition coefficient (Wildman–Crippen LogP) is 3.72. The highest BCUT2D eigenvalue weighted by molar-refractivity contribution is 6.31. The molecule has 0 spiro atoms. The Labute approximate surface area is 109 Å². The van der Waals surface area contributed by atoms with E-state index in [1.807, 2.05) is 0 Å². The van der Waals surface area contributed by atoms with Gasteiger partial charge in [0.25, 0.3) is 0 Å². The number of nitrogens with zero attached hydrogens (tertiary/aromatic N) is 1. The molecule has 0 aliphatic heterocycles. The molecule has 0 unspecified atom stereocenters. The van der Waals surface area contributed by atoms with Crippen molar-refractivity contribution in [1.82, 2.24) is 10.2 Å². The van der Waals surface area contributed by atoms with E-state index in [0.717, 1.165) is 18.5 Å². The van der Waals surface area contributed by atoms with Gasteiger partial charge >= 0.3 is 0 Å². The van der Waals surface area contributed by atoms with Gasteiger partial charge in [-0.15, -0.1) is 0 Å². The predicted molar refractivity (Wildman–Crippen MR) is 70.0 cm³/mol. The van der Waals surface area contributed by atoms with Crippen LogP contribution < -0.4 is 5.73 Å². The van der Waals surface area contributed by atoms with E-state index in [0.29, 0.717) is 22.9 Å². The van der Waals surface area contributed by atoms with Crippen LogP contribution in [0.25, 0.3) is 11.1 Å². The van der Waals surface area contributed by atoms with Crippen molar-refractivity contribution in [1.29, 1.82) is 0 Å². The van der Waals surface area contributed by atoms with E-state index >= 15 is 0 Å². The minimum absolute atomic E-state index is 0.104. The Morgan fingerprint density at radius 3 is 2.83 bits per heavy atom. The standard InChI is InChI=1S/C13H13ClFN3/c14-9-6-2-5-8(11(9)15)10-12(7-3-1-4-7)17-18-13(10)16/h2,5-7H,1,3-4H2,(H3,16,17,18). The van der Waals surface area contributed by atoms with Crippen molar-refractivity contribution in [2.24, 2.45) is 0 Å². The van der Waals surface area contributed by atoms with Crippen LogP contribution in [0.15, 0.2) is 18.2 Å². The lowest BCUT2D eigenvalue weighted by Crippen LogP contribution is -2.10. The van der Waals surface area contributed by atoms with E-state index in [-0.39, 0.29) is 5.02 Å². The van der Waals surface area contributed by atoms with Crippen LogP contribution in [0.1, 0.15) is 30.9 Å². The second-order valence-electron chi connectivity index (χ2n) is 4.63. The maximum Gasteiger partial charge on any atom is 0.153 e. The number of rotatable bonds is 2. The zero-order valence-electron chi connectivity index (χ0n) is 9.71. The molecule has 0 saturated heterocycles. The molecule has 3 nitrogen and oxygen atoms in total. The molecule has 1 fully saturated rings. The van der Waals surface area contributed by atoms with Gasteiger partial charge in [0.15, 0.2) is 5.82 Å². The number of nitrogens with one attached hydrogen (secondary N) is 1. The number of halogens is 2. The fraction of sp³-hybridized carbons (Fsp3) is 0.308. The highest BCUT2D eigenvalue weighted by Gasteiger charge is 2.27. The van der Waals surface area contributed by atoms with Gasteiger partial charge in [0, 0.05) is 22.7 Å². The number of benzene rings is 1. The van der Waals surface area contributed by atoms with Crippen LogP contribution in [0.4, 0.5) is 10.2 Å². The Kier molecular flexibility index (Phi) is 2.74. The van der Waals surface area contributed by atoms with E-state index < -0.39 is 5.82 Å². The lowest BCUT2D eigenvalue weighted by molar-refractivity contribution is 0.411. The van der Waals surface area contributed by atoms with Gasteiger partial charge in [0.1, 0.15) is 5.82 Å². The molecule has 1 aromatic carbocycles. The normalized spacial score (nSPS) is 15.7. The van der Waals surface area contributed by atoms with Gasteiger partial charge < -0.3 is 5.73 Å². The minimum atomic E-state index is -0.437. The topological polar surface area (TPSA) is 54.7 Å². The number of nitrogen functional groups attached to an aromatic ring is 1. The highest BCUT2D eigenvalue weighted by atomic mass is 35.5. The van der Waals surface area contributed by atoms with Gasteiger partial charge in [-0.3, -0.25) is 5.10 Å². The largest absolute Gasteiger partial charge is 0.382 e. The molecule has 1 aliphatic carbocycles. The summed E-state index contributed by atoms with van der Waals surface area (Å²) in [4.78, 5) is 0. The number of aromatic nitrogens is 2. The van der Waals surface area contributed by atoms with Crippen molar-refractivity contribution in [2.75, 3.05) is 5.73 Å². The van der Waals surface area contributed by atoms with Crippen molar-refractivity contribution < 1.29 is 4.39 Å². The van der Waals surface area contributed by atoms with E-state index in [1.54, 1.807) is 12.1 Å². The number of hydrogen-bond donors (Lipinski definition) is 2. The Bertz CT molecular complexity index is 590. The van der Waals surface area contributed by atoms with Gasteiger partial charge in [0.05, 0.1) is 5.02 Å². The average Bonchev–Trinajstić information content (AvgIpc) is 2.63. The molecule has 1 aromatic heterocycles. The Morgan fingerprint density at radius 1 is 1.39 bits per heavy atom. The summed E-state index contributed by atoms with van der Waals surface area (Å²) in [7, 11) is 0. The van der Waals surface area contributed by atoms with Crippen LogP contribution >= 0.6 is 11.6 Å². The molecule has 2 aromatic rings. The minimum Gasteiger partial charge on any atom is -0.382 e. The molecule has 1 saturated carbocycles. The van der Waals surface area contributed by atoms with Gasteiger partial charge in [-0.05, 0) is 18.9 Å². The molecule has 18 heavy (non-hydrogen) atoms. The van der Waals surface area contributed by atoms with Crippen molar-refractivity contribution in [3.05, 3.63) is 34.7 Å². The number of nitrogens with two attached hydrogens (primary N) is 1. The average molecular weight is 266 g/mol. The van der Waals surface area contributed by atoms with Gasteiger partial charge in [-0.1, -0.05) is 30.2 Å². The molecule has 1 heterocycles. The maximum absolute atomic E-state index is 14.1. The fourth-order valence-electron chi connectivity index (χ4n) is 2.34. The third-order valence-electron chi connectivity index (χ3n) is 3.56. The van der Waals surface area contributed by atoms with E-state index in [9.17, 15) is 4.39 Å².